The average molecular weight is 388 g/mol. The fraction of sp³-hybridized carbons (Fsp3) is 0.385. The molecule has 0 saturated carbocycles. The zero-order valence-electron chi connectivity index (χ0n) is 13.3. The number of H-pyrrole nitrogens is 2. The molecule has 0 aliphatic rings. The first-order valence-electron chi connectivity index (χ1n) is 7.46. The second kappa shape index (κ2) is 8.13. The van der Waals surface area contributed by atoms with Crippen LogP contribution in [0.2, 0.25) is 0 Å². The summed E-state index contributed by atoms with van der Waals surface area (Å²) in [5.74, 6) is 0. The quantitative estimate of drug-likeness (QED) is 0.458. The fourth-order valence-corrected chi connectivity index (χ4v) is 4.27. The Kier molecular flexibility index (Phi) is 6.16. The summed E-state index contributed by atoms with van der Waals surface area (Å²) in [5, 5.41) is 0. The summed E-state index contributed by atoms with van der Waals surface area (Å²) in [6, 6.07) is 2.19. The minimum Gasteiger partial charge on any atom is -0.341 e. The van der Waals surface area contributed by atoms with Crippen LogP contribution >= 0.6 is 6.49 Å². The van der Waals surface area contributed by atoms with E-state index in [4.69, 9.17) is 21.1 Å². The molecule has 0 atom stereocenters. The predicted octanol–water partition coefficient (Wildman–Crippen LogP) is -0.556. The molecule has 10 nitrogen and oxygen atoms in total. The van der Waals surface area contributed by atoms with Crippen LogP contribution in [0, 0.1) is 0 Å². The van der Waals surface area contributed by atoms with E-state index in [9.17, 15) is 19.2 Å². The average Bonchev–Trinajstić information content (AvgIpc) is 2.53. The molecule has 0 unspecified atom stereocenters. The van der Waals surface area contributed by atoms with Crippen LogP contribution in [0.5, 0.6) is 0 Å². The van der Waals surface area contributed by atoms with Gasteiger partial charge in [0.15, 0.2) is 0 Å². The first kappa shape index (κ1) is 18.9. The highest BCUT2D eigenvalue weighted by Gasteiger charge is 2.25. The molecule has 12 heteroatoms. The second-order valence-electron chi connectivity index (χ2n) is 5.08. The molecule has 136 valence electrons. The van der Waals surface area contributed by atoms with Gasteiger partial charge in [0, 0.05) is 18.3 Å². The van der Waals surface area contributed by atoms with Crippen molar-refractivity contribution in [3.05, 3.63) is 66.2 Å². The van der Waals surface area contributed by atoms with Crippen molar-refractivity contribution >= 4 is 18.3 Å². The third-order valence-corrected chi connectivity index (χ3v) is 5.70. The van der Waals surface area contributed by atoms with Crippen molar-refractivity contribution in [2.45, 2.75) is 26.2 Å². The minimum absolute atomic E-state index is 0.285. The molecular weight excluding hydrogens is 371 g/mol. The maximum absolute atomic E-state index is 11.8. The Labute approximate surface area is 146 Å². The van der Waals surface area contributed by atoms with Crippen molar-refractivity contribution in [2.24, 2.45) is 0 Å². The molecule has 0 aliphatic heterocycles. The molecule has 0 fully saturated rings. The smallest absolute Gasteiger partial charge is 0.341 e. The van der Waals surface area contributed by atoms with E-state index in [2.05, 4.69) is 0 Å². The number of aromatic nitrogens is 4. The number of hydrogen-bond acceptors (Lipinski definition) is 7. The van der Waals surface area contributed by atoms with Gasteiger partial charge in [-0.25, -0.2) is 9.59 Å². The van der Waals surface area contributed by atoms with Crippen molar-refractivity contribution < 1.29 is 9.25 Å². The summed E-state index contributed by atoms with van der Waals surface area (Å²) in [6.07, 6.45) is 4.97. The number of unbranched alkanes of at least 4 members (excludes halogenated alkanes) is 2. The molecule has 2 heterocycles. The van der Waals surface area contributed by atoms with Crippen LogP contribution in [-0.4, -0.2) is 25.6 Å². The first-order chi connectivity index (χ1) is 11.8. The summed E-state index contributed by atoms with van der Waals surface area (Å²) in [4.78, 5) is 49.9. The Morgan fingerprint density at radius 3 is 1.84 bits per heavy atom. The van der Waals surface area contributed by atoms with Crippen LogP contribution in [0.3, 0.4) is 0 Å². The molecule has 0 amide bonds. The van der Waals surface area contributed by atoms with Gasteiger partial charge in [0.05, 0.1) is 12.4 Å². The van der Waals surface area contributed by atoms with E-state index in [0.717, 1.165) is 46.8 Å². The standard InChI is InChI=1S/C13H17N4O6PS/c1-2-3-4-9-24(25,22-16-7-5-10(18)14-12(16)20)23-17-8-6-11(19)15-13(17)21/h5-8H,2-4,9H2,1H3,(H,14,18,20)(H,15,19,21). The lowest BCUT2D eigenvalue weighted by Crippen LogP contribution is -2.36. The van der Waals surface area contributed by atoms with Crippen LogP contribution in [0.1, 0.15) is 26.2 Å². The van der Waals surface area contributed by atoms with Gasteiger partial charge in [0.2, 0.25) is 0 Å². The third-order valence-electron chi connectivity index (χ3n) is 3.04. The number of nitrogens with zero attached hydrogens (tertiary/aromatic N) is 2. The minimum atomic E-state index is -3.16. The van der Waals surface area contributed by atoms with Crippen molar-refractivity contribution in [1.29, 1.82) is 0 Å². The Balaban J connectivity index is 2.33. The summed E-state index contributed by atoms with van der Waals surface area (Å²) in [6.45, 7) is -1.16. The summed E-state index contributed by atoms with van der Waals surface area (Å²) in [5.41, 5.74) is -2.78. The van der Waals surface area contributed by atoms with E-state index in [0.29, 0.717) is 6.42 Å². The maximum atomic E-state index is 11.8. The Morgan fingerprint density at radius 2 is 1.44 bits per heavy atom. The lowest BCUT2D eigenvalue weighted by molar-refractivity contribution is 0.191. The number of aromatic amines is 2. The highest BCUT2D eigenvalue weighted by atomic mass is 32.5. The molecule has 2 N–H and O–H groups in total. The van der Waals surface area contributed by atoms with Gasteiger partial charge in [0.25, 0.3) is 11.1 Å². The largest absolute Gasteiger partial charge is 0.361 e. The topological polar surface area (TPSA) is 128 Å². The Hall–Kier alpha value is -2.39. The van der Waals surface area contributed by atoms with E-state index >= 15 is 0 Å². The van der Waals surface area contributed by atoms with Gasteiger partial charge in [-0.2, -0.15) is 0 Å². The molecule has 2 aromatic rings. The molecular formula is C13H17N4O6PS. The number of nitrogens with one attached hydrogen (secondary N) is 2. The van der Waals surface area contributed by atoms with Gasteiger partial charge in [0.1, 0.15) is 0 Å². The highest BCUT2D eigenvalue weighted by Crippen LogP contribution is 2.42. The van der Waals surface area contributed by atoms with Gasteiger partial charge in [-0.1, -0.05) is 19.8 Å². The molecule has 0 radical (unpaired) electrons. The van der Waals surface area contributed by atoms with Crippen LogP contribution in [-0.2, 0) is 11.8 Å². The van der Waals surface area contributed by atoms with Crippen molar-refractivity contribution in [3.8, 4) is 0 Å². The van der Waals surface area contributed by atoms with E-state index in [1.165, 1.54) is 0 Å². The molecule has 0 aliphatic carbocycles. The van der Waals surface area contributed by atoms with E-state index in [1.807, 2.05) is 16.9 Å². The molecule has 25 heavy (non-hydrogen) atoms. The van der Waals surface area contributed by atoms with Crippen LogP contribution < -0.4 is 31.7 Å². The van der Waals surface area contributed by atoms with Crippen LogP contribution in [0.15, 0.2) is 43.7 Å². The predicted molar refractivity (Wildman–Crippen MR) is 94.5 cm³/mol. The fourth-order valence-electron chi connectivity index (χ4n) is 1.86. The molecule has 0 saturated heterocycles. The monoisotopic (exact) mass is 388 g/mol. The van der Waals surface area contributed by atoms with Crippen molar-refractivity contribution in [3.63, 3.8) is 0 Å². The molecule has 2 aromatic heterocycles. The number of rotatable bonds is 8. The second-order valence-corrected chi connectivity index (χ2v) is 8.74. The van der Waals surface area contributed by atoms with Crippen LogP contribution in [0.25, 0.3) is 0 Å². The van der Waals surface area contributed by atoms with E-state index in [-0.39, 0.29) is 6.16 Å². The molecule has 0 bridgehead atoms. The lowest BCUT2D eigenvalue weighted by atomic mass is 10.3. The van der Waals surface area contributed by atoms with E-state index < -0.39 is 29.0 Å². The zero-order valence-corrected chi connectivity index (χ0v) is 15.0. The van der Waals surface area contributed by atoms with Gasteiger partial charge in [-0.05, 0) is 18.2 Å². The zero-order chi connectivity index (χ0) is 18.4. The molecule has 0 spiro atoms. The van der Waals surface area contributed by atoms with Gasteiger partial charge in [-0.15, -0.1) is 9.46 Å². The first-order valence-corrected chi connectivity index (χ1v) is 10.3. The highest BCUT2D eigenvalue weighted by molar-refractivity contribution is 8.10. The maximum Gasteiger partial charge on any atom is 0.361 e. The Bertz CT molecular complexity index is 933. The molecule has 2 rings (SSSR count). The summed E-state index contributed by atoms with van der Waals surface area (Å²) < 4.78 is 12.6. The third kappa shape index (κ3) is 5.30. The normalized spacial score (nSPS) is 11.2. The number of hydrogen-bond donors (Lipinski definition) is 2. The van der Waals surface area contributed by atoms with Gasteiger partial charge >= 0.3 is 17.9 Å². The Morgan fingerprint density at radius 1 is 0.960 bits per heavy atom. The van der Waals surface area contributed by atoms with Crippen LogP contribution in [0.4, 0.5) is 0 Å². The summed E-state index contributed by atoms with van der Waals surface area (Å²) >= 11 is 5.43. The SMILES string of the molecule is CCCCCP(=S)(On1ccc(=O)[nH]c1=O)On1ccc(=O)[nH]c1=O. The molecule has 0 aromatic carbocycles. The van der Waals surface area contributed by atoms with Crippen molar-refractivity contribution in [2.75, 3.05) is 6.16 Å². The van der Waals surface area contributed by atoms with Gasteiger partial charge < -0.3 is 9.25 Å². The summed E-state index contributed by atoms with van der Waals surface area (Å²) in [7, 11) is 0. The van der Waals surface area contributed by atoms with E-state index in [1.54, 1.807) is 0 Å². The van der Waals surface area contributed by atoms with Gasteiger partial charge in [-0.3, -0.25) is 19.6 Å². The van der Waals surface area contributed by atoms with Crippen molar-refractivity contribution in [1.82, 2.24) is 19.4 Å². The lowest BCUT2D eigenvalue weighted by Gasteiger charge is -2.23.